The van der Waals surface area contributed by atoms with E-state index in [9.17, 15) is 9.59 Å². The minimum atomic E-state index is -0.229. The van der Waals surface area contributed by atoms with E-state index in [1.807, 2.05) is 60.7 Å². The summed E-state index contributed by atoms with van der Waals surface area (Å²) in [6.45, 7) is 4.13. The van der Waals surface area contributed by atoms with Crippen LogP contribution >= 0.6 is 11.6 Å². The molecule has 36 heavy (non-hydrogen) atoms. The fourth-order valence-electron chi connectivity index (χ4n) is 4.51. The fraction of sp³-hybridized carbons (Fsp3) is 0.241. The van der Waals surface area contributed by atoms with Crippen LogP contribution in [0.25, 0.3) is 6.08 Å². The lowest BCUT2D eigenvalue weighted by Gasteiger charge is -2.30. The molecular formula is C29H28ClN3O3. The van der Waals surface area contributed by atoms with E-state index in [-0.39, 0.29) is 17.6 Å². The van der Waals surface area contributed by atoms with Crippen LogP contribution in [-0.2, 0) is 11.3 Å². The Balaban J connectivity index is 1.29. The van der Waals surface area contributed by atoms with E-state index in [0.717, 1.165) is 36.4 Å². The van der Waals surface area contributed by atoms with Crippen molar-refractivity contribution in [3.05, 3.63) is 100 Å². The topological polar surface area (TPSA) is 61.9 Å². The third kappa shape index (κ3) is 5.61. The normalized spacial score (nSPS) is 16.6. The first-order valence-electron chi connectivity index (χ1n) is 12.2. The average Bonchev–Trinajstić information content (AvgIpc) is 3.42. The van der Waals surface area contributed by atoms with Gasteiger partial charge < -0.3 is 15.0 Å². The summed E-state index contributed by atoms with van der Waals surface area (Å²) in [7, 11) is 0. The molecule has 0 atom stereocenters. The summed E-state index contributed by atoms with van der Waals surface area (Å²) in [6, 6.07) is 22.1. The summed E-state index contributed by atoms with van der Waals surface area (Å²) in [6.07, 6.45) is 4.19. The molecule has 0 radical (unpaired) electrons. The van der Waals surface area contributed by atoms with Crippen LogP contribution in [0, 0.1) is 0 Å². The number of anilines is 1. The van der Waals surface area contributed by atoms with Crippen molar-refractivity contribution in [3.63, 3.8) is 0 Å². The Labute approximate surface area is 216 Å². The number of nitrogens with zero attached hydrogens (tertiary/aromatic N) is 2. The zero-order valence-electron chi connectivity index (χ0n) is 20.0. The van der Waals surface area contributed by atoms with E-state index in [4.69, 9.17) is 16.3 Å². The lowest BCUT2D eigenvalue weighted by Crippen LogP contribution is -2.36. The second-order valence-electron chi connectivity index (χ2n) is 9.02. The number of benzene rings is 3. The van der Waals surface area contributed by atoms with Gasteiger partial charge in [0.15, 0.2) is 11.5 Å². The van der Waals surface area contributed by atoms with Crippen LogP contribution in [0.3, 0.4) is 0 Å². The van der Waals surface area contributed by atoms with Gasteiger partial charge in [0, 0.05) is 23.7 Å². The second kappa shape index (κ2) is 11.0. The monoisotopic (exact) mass is 501 g/mol. The maximum atomic E-state index is 13.4. The Hall–Kier alpha value is -3.61. The molecule has 1 N–H and O–H groups in total. The molecule has 0 saturated carbocycles. The van der Waals surface area contributed by atoms with Crippen molar-refractivity contribution in [1.82, 2.24) is 10.2 Å². The van der Waals surface area contributed by atoms with Crippen molar-refractivity contribution in [2.75, 3.05) is 31.1 Å². The summed E-state index contributed by atoms with van der Waals surface area (Å²) < 4.78 is 5.98. The van der Waals surface area contributed by atoms with Crippen LogP contribution in [-0.4, -0.2) is 42.9 Å². The minimum absolute atomic E-state index is 0.0959. The Morgan fingerprint density at radius 1 is 0.972 bits per heavy atom. The molecule has 5 rings (SSSR count). The van der Waals surface area contributed by atoms with Crippen molar-refractivity contribution in [1.29, 1.82) is 0 Å². The molecule has 2 aliphatic rings. The van der Waals surface area contributed by atoms with E-state index in [1.54, 1.807) is 23.1 Å². The largest absolute Gasteiger partial charge is 0.449 e. The van der Waals surface area contributed by atoms with Crippen LogP contribution < -0.4 is 15.0 Å². The molecule has 6 nitrogen and oxygen atoms in total. The number of carbonyl (C=O) groups excluding carboxylic acids is 2. The molecule has 1 saturated heterocycles. The van der Waals surface area contributed by atoms with Crippen molar-refractivity contribution >= 4 is 35.2 Å². The van der Waals surface area contributed by atoms with E-state index in [2.05, 4.69) is 10.2 Å². The number of nitrogens with one attached hydrogen (secondary N) is 1. The molecule has 0 bridgehead atoms. The quantitative estimate of drug-likeness (QED) is 0.456. The molecule has 3 aromatic carbocycles. The molecule has 7 heteroatoms. The Kier molecular flexibility index (Phi) is 7.35. The van der Waals surface area contributed by atoms with Crippen LogP contribution in [0.15, 0.2) is 78.6 Å². The molecule has 0 spiro atoms. The van der Waals surface area contributed by atoms with Crippen LogP contribution in [0.1, 0.15) is 34.3 Å². The standard InChI is InChI=1S/C29H28ClN3O3/c30-24-13-9-22(10-14-24)20-33-25-5-1-2-6-26(25)36-27(29(33)35)19-21-7-11-23(12-8-21)28(34)31-15-18-32-16-3-4-17-32/h1-2,5-14,19H,3-4,15-18,20H2,(H,31,34). The van der Waals surface area contributed by atoms with Crippen LogP contribution in [0.4, 0.5) is 5.69 Å². The third-order valence-electron chi connectivity index (χ3n) is 6.47. The number of hydrogen-bond donors (Lipinski definition) is 1. The highest BCUT2D eigenvalue weighted by Crippen LogP contribution is 2.36. The molecule has 0 unspecified atom stereocenters. The average molecular weight is 502 g/mol. The number of amides is 2. The molecule has 3 aromatic rings. The first kappa shape index (κ1) is 24.1. The number of likely N-dealkylation sites (tertiary alicyclic amines) is 1. The number of rotatable bonds is 7. The van der Waals surface area contributed by atoms with E-state index in [0.29, 0.717) is 29.4 Å². The zero-order valence-corrected chi connectivity index (χ0v) is 20.7. The van der Waals surface area contributed by atoms with Gasteiger partial charge in [0.1, 0.15) is 0 Å². The lowest BCUT2D eigenvalue weighted by molar-refractivity contribution is -0.117. The first-order chi connectivity index (χ1) is 17.6. The third-order valence-corrected chi connectivity index (χ3v) is 6.72. The van der Waals surface area contributed by atoms with Gasteiger partial charge in [0.05, 0.1) is 12.2 Å². The SMILES string of the molecule is O=C(NCCN1CCCC1)c1ccc(C=C2Oc3ccccc3N(Cc3ccc(Cl)cc3)C2=O)cc1. The molecular weight excluding hydrogens is 474 g/mol. The van der Waals surface area contributed by atoms with Crippen molar-refractivity contribution < 1.29 is 14.3 Å². The highest BCUT2D eigenvalue weighted by Gasteiger charge is 2.30. The maximum absolute atomic E-state index is 13.4. The van der Waals surface area contributed by atoms with Gasteiger partial charge in [-0.3, -0.25) is 14.5 Å². The van der Waals surface area contributed by atoms with Gasteiger partial charge in [-0.2, -0.15) is 0 Å². The summed E-state index contributed by atoms with van der Waals surface area (Å²) in [5.74, 6) is 0.519. The second-order valence-corrected chi connectivity index (χ2v) is 9.46. The van der Waals surface area contributed by atoms with Gasteiger partial charge in [-0.15, -0.1) is 0 Å². The van der Waals surface area contributed by atoms with Gasteiger partial charge >= 0.3 is 0 Å². The van der Waals surface area contributed by atoms with Crippen molar-refractivity contribution in [2.45, 2.75) is 19.4 Å². The molecule has 2 aliphatic heterocycles. The molecule has 1 fully saturated rings. The molecule has 2 amide bonds. The summed E-state index contributed by atoms with van der Waals surface area (Å²) in [4.78, 5) is 30.0. The fourth-order valence-corrected chi connectivity index (χ4v) is 4.64. The summed E-state index contributed by atoms with van der Waals surface area (Å²) in [5.41, 5.74) is 3.04. The van der Waals surface area contributed by atoms with Gasteiger partial charge in [-0.1, -0.05) is 48.0 Å². The van der Waals surface area contributed by atoms with Gasteiger partial charge in [0.25, 0.3) is 11.8 Å². The van der Waals surface area contributed by atoms with Gasteiger partial charge in [-0.05, 0) is 79.5 Å². The van der Waals surface area contributed by atoms with E-state index in [1.165, 1.54) is 12.8 Å². The molecule has 0 aliphatic carbocycles. The molecule has 0 aromatic heterocycles. The molecule has 2 heterocycles. The van der Waals surface area contributed by atoms with Crippen molar-refractivity contribution in [3.8, 4) is 5.75 Å². The van der Waals surface area contributed by atoms with Gasteiger partial charge in [0.2, 0.25) is 0 Å². The molecule has 184 valence electrons. The lowest BCUT2D eigenvalue weighted by atomic mass is 10.1. The smallest absolute Gasteiger partial charge is 0.294 e. The number of para-hydroxylation sites is 2. The Morgan fingerprint density at radius 2 is 1.69 bits per heavy atom. The number of fused-ring (bicyclic) bond motifs is 1. The van der Waals surface area contributed by atoms with E-state index >= 15 is 0 Å². The van der Waals surface area contributed by atoms with E-state index < -0.39 is 0 Å². The van der Waals surface area contributed by atoms with Gasteiger partial charge in [-0.25, -0.2) is 0 Å². The number of carbonyl (C=O) groups is 2. The maximum Gasteiger partial charge on any atom is 0.294 e. The number of ether oxygens (including phenoxy) is 1. The minimum Gasteiger partial charge on any atom is -0.449 e. The Bertz CT molecular complexity index is 1270. The number of halogens is 1. The Morgan fingerprint density at radius 3 is 2.44 bits per heavy atom. The van der Waals surface area contributed by atoms with Crippen molar-refractivity contribution in [2.24, 2.45) is 0 Å². The summed E-state index contributed by atoms with van der Waals surface area (Å²) >= 11 is 6.02. The highest BCUT2D eigenvalue weighted by molar-refractivity contribution is 6.30. The zero-order chi connectivity index (χ0) is 24.9. The summed E-state index contributed by atoms with van der Waals surface area (Å²) in [5, 5.41) is 3.64. The predicted octanol–water partition coefficient (Wildman–Crippen LogP) is 5.13. The predicted molar refractivity (Wildman–Crippen MR) is 142 cm³/mol. The van der Waals surface area contributed by atoms with Crippen LogP contribution in [0.2, 0.25) is 5.02 Å². The highest BCUT2D eigenvalue weighted by atomic mass is 35.5. The van der Waals surface area contributed by atoms with Crippen LogP contribution in [0.5, 0.6) is 5.75 Å². The first-order valence-corrected chi connectivity index (χ1v) is 12.6. The number of hydrogen-bond acceptors (Lipinski definition) is 4.